The number of hydrogen-bond acceptors (Lipinski definition) is 7. The van der Waals surface area contributed by atoms with Crippen molar-refractivity contribution in [1.82, 2.24) is 15.3 Å². The third-order valence-electron chi connectivity index (χ3n) is 4.43. The number of hydrogen-bond donors (Lipinski definition) is 3. The molecule has 0 aliphatic heterocycles. The maximum atomic E-state index is 14.5. The Hall–Kier alpha value is -4.46. The van der Waals surface area contributed by atoms with Crippen LogP contribution < -0.4 is 25.4 Å². The van der Waals surface area contributed by atoms with Crippen molar-refractivity contribution in [2.45, 2.75) is 6.36 Å². The van der Waals surface area contributed by atoms with Crippen molar-refractivity contribution in [3.8, 4) is 17.2 Å². The molecule has 2 heterocycles. The highest BCUT2D eigenvalue weighted by Gasteiger charge is 2.31. The SMILES string of the molecule is CNC(=O)c1cc(Oc2ccc(NC(=O)Nc3nc4ccc(OC(F)(F)F)cc4s3)c(F)c2)ccn1. The number of amides is 3. The molecular weight excluding hydrogens is 506 g/mol. The van der Waals surface area contributed by atoms with Gasteiger partial charge in [0.05, 0.1) is 15.9 Å². The van der Waals surface area contributed by atoms with E-state index in [-0.39, 0.29) is 28.0 Å². The van der Waals surface area contributed by atoms with Crippen molar-refractivity contribution in [3.63, 3.8) is 0 Å². The second-order valence-corrected chi connectivity index (χ2v) is 8.01. The molecule has 4 aromatic rings. The molecule has 0 bridgehead atoms. The predicted molar refractivity (Wildman–Crippen MR) is 123 cm³/mol. The number of benzene rings is 2. The smallest absolute Gasteiger partial charge is 0.457 e. The molecule has 3 amide bonds. The largest absolute Gasteiger partial charge is 0.573 e. The van der Waals surface area contributed by atoms with Gasteiger partial charge >= 0.3 is 12.4 Å². The molecule has 2 aromatic heterocycles. The maximum Gasteiger partial charge on any atom is 0.573 e. The predicted octanol–water partition coefficient (Wildman–Crippen LogP) is 5.52. The summed E-state index contributed by atoms with van der Waals surface area (Å²) >= 11 is 0.911. The topological polar surface area (TPSA) is 114 Å². The molecular formula is C22H15F4N5O4S. The number of ether oxygens (including phenoxy) is 2. The van der Waals surface area contributed by atoms with Crippen molar-refractivity contribution in [2.75, 3.05) is 17.7 Å². The molecule has 0 fully saturated rings. The van der Waals surface area contributed by atoms with Crippen LogP contribution in [0, 0.1) is 5.82 Å². The van der Waals surface area contributed by atoms with Gasteiger partial charge in [-0.05, 0) is 30.3 Å². The summed E-state index contributed by atoms with van der Waals surface area (Å²) in [5.74, 6) is -1.28. The van der Waals surface area contributed by atoms with E-state index in [1.807, 2.05) is 0 Å². The van der Waals surface area contributed by atoms with Crippen molar-refractivity contribution in [3.05, 3.63) is 66.2 Å². The monoisotopic (exact) mass is 521 g/mol. The number of fused-ring (bicyclic) bond motifs is 1. The molecule has 0 aliphatic carbocycles. The molecule has 36 heavy (non-hydrogen) atoms. The Morgan fingerprint density at radius 2 is 1.72 bits per heavy atom. The summed E-state index contributed by atoms with van der Waals surface area (Å²) in [6.07, 6.45) is -3.47. The van der Waals surface area contributed by atoms with Crippen LogP contribution in [0.3, 0.4) is 0 Å². The normalized spacial score (nSPS) is 11.1. The zero-order valence-electron chi connectivity index (χ0n) is 18.1. The molecule has 4 rings (SSSR count). The Kier molecular flexibility index (Phi) is 6.87. The number of nitrogens with zero attached hydrogens (tertiary/aromatic N) is 2. The third-order valence-corrected chi connectivity index (χ3v) is 5.36. The number of pyridine rings is 1. The molecule has 0 radical (unpaired) electrons. The fourth-order valence-corrected chi connectivity index (χ4v) is 3.82. The van der Waals surface area contributed by atoms with Crippen molar-refractivity contribution in [1.29, 1.82) is 0 Å². The lowest BCUT2D eigenvalue weighted by atomic mass is 10.2. The van der Waals surface area contributed by atoms with Crippen LogP contribution in [0.5, 0.6) is 17.2 Å². The van der Waals surface area contributed by atoms with Gasteiger partial charge in [0, 0.05) is 31.4 Å². The fraction of sp³-hybridized carbons (Fsp3) is 0.0909. The molecule has 9 nitrogen and oxygen atoms in total. The number of halogens is 4. The summed E-state index contributed by atoms with van der Waals surface area (Å²) in [6, 6.07) is 9.31. The van der Waals surface area contributed by atoms with Gasteiger partial charge in [-0.2, -0.15) is 0 Å². The fourth-order valence-electron chi connectivity index (χ4n) is 2.93. The van der Waals surface area contributed by atoms with Crippen LogP contribution in [0.1, 0.15) is 10.5 Å². The Balaban J connectivity index is 1.40. The van der Waals surface area contributed by atoms with Gasteiger partial charge in [-0.25, -0.2) is 14.2 Å². The minimum atomic E-state index is -4.84. The van der Waals surface area contributed by atoms with Crippen molar-refractivity contribution < 1.29 is 36.6 Å². The molecule has 0 saturated carbocycles. The van der Waals surface area contributed by atoms with E-state index in [0.29, 0.717) is 10.2 Å². The number of anilines is 2. The van der Waals surface area contributed by atoms with Crippen LogP contribution in [-0.2, 0) is 0 Å². The second-order valence-electron chi connectivity index (χ2n) is 6.98. The highest BCUT2D eigenvalue weighted by atomic mass is 32.1. The molecule has 2 aromatic carbocycles. The van der Waals surface area contributed by atoms with Crippen LogP contribution in [0.4, 0.5) is 33.2 Å². The number of nitrogens with one attached hydrogen (secondary N) is 3. The van der Waals surface area contributed by atoms with Gasteiger partial charge in [0.1, 0.15) is 28.8 Å². The van der Waals surface area contributed by atoms with Gasteiger partial charge < -0.3 is 20.1 Å². The van der Waals surface area contributed by atoms with Crippen LogP contribution in [0.2, 0.25) is 0 Å². The summed E-state index contributed by atoms with van der Waals surface area (Å²) in [6.45, 7) is 0. The minimum Gasteiger partial charge on any atom is -0.457 e. The summed E-state index contributed by atoms with van der Waals surface area (Å²) in [5, 5.41) is 7.23. The quantitative estimate of drug-likeness (QED) is 0.288. The van der Waals surface area contributed by atoms with E-state index in [9.17, 15) is 27.2 Å². The summed E-state index contributed by atoms with van der Waals surface area (Å²) in [4.78, 5) is 32.0. The summed E-state index contributed by atoms with van der Waals surface area (Å²) in [5.41, 5.74) is 0.292. The van der Waals surface area contributed by atoms with E-state index in [0.717, 1.165) is 29.5 Å². The van der Waals surface area contributed by atoms with Gasteiger partial charge in [0.25, 0.3) is 5.91 Å². The zero-order chi connectivity index (χ0) is 25.9. The molecule has 0 saturated heterocycles. The first-order valence-electron chi connectivity index (χ1n) is 9.99. The average molecular weight is 521 g/mol. The highest BCUT2D eigenvalue weighted by Crippen LogP contribution is 2.32. The van der Waals surface area contributed by atoms with Crippen LogP contribution >= 0.6 is 11.3 Å². The van der Waals surface area contributed by atoms with E-state index in [2.05, 4.69) is 30.7 Å². The zero-order valence-corrected chi connectivity index (χ0v) is 19.0. The molecule has 3 N–H and O–H groups in total. The molecule has 0 unspecified atom stereocenters. The standard InChI is InChI=1S/C22H15F4N5O4S/c1-27-19(32)17-9-12(6-7-28-17)34-11-2-4-15(14(23)8-11)29-20(33)31-21-30-16-5-3-13(10-18(16)36-21)35-22(24,25)26/h2-10H,1H3,(H,27,32)(H2,29,30,31,33). The maximum absolute atomic E-state index is 14.5. The first-order chi connectivity index (χ1) is 17.1. The Bertz CT molecular complexity index is 1440. The van der Waals surface area contributed by atoms with E-state index in [1.54, 1.807) is 0 Å². The molecule has 14 heteroatoms. The lowest BCUT2D eigenvalue weighted by Gasteiger charge is -2.10. The number of urea groups is 1. The van der Waals surface area contributed by atoms with Gasteiger partial charge in [-0.3, -0.25) is 15.1 Å². The van der Waals surface area contributed by atoms with Crippen LogP contribution in [-0.4, -0.2) is 35.3 Å². The van der Waals surface area contributed by atoms with Crippen molar-refractivity contribution in [2.24, 2.45) is 0 Å². The second kappa shape index (κ2) is 10.0. The average Bonchev–Trinajstić information content (AvgIpc) is 3.20. The van der Waals surface area contributed by atoms with E-state index in [4.69, 9.17) is 4.74 Å². The first kappa shape index (κ1) is 24.7. The summed E-state index contributed by atoms with van der Waals surface area (Å²) in [7, 11) is 1.45. The number of thiazole rings is 1. The molecule has 186 valence electrons. The highest BCUT2D eigenvalue weighted by molar-refractivity contribution is 7.22. The number of carbonyl (C=O) groups is 2. The van der Waals surface area contributed by atoms with Gasteiger partial charge in [-0.15, -0.1) is 13.2 Å². The Labute approximate surface area is 204 Å². The lowest BCUT2D eigenvalue weighted by molar-refractivity contribution is -0.274. The lowest BCUT2D eigenvalue weighted by Crippen LogP contribution is -2.20. The van der Waals surface area contributed by atoms with E-state index >= 15 is 0 Å². The third kappa shape index (κ3) is 6.15. The molecule has 0 atom stereocenters. The van der Waals surface area contributed by atoms with Gasteiger partial charge in [-0.1, -0.05) is 11.3 Å². The molecule has 0 spiro atoms. The number of rotatable bonds is 6. The number of aromatic nitrogens is 2. The van der Waals surface area contributed by atoms with E-state index in [1.165, 1.54) is 43.6 Å². The van der Waals surface area contributed by atoms with Crippen LogP contribution in [0.25, 0.3) is 10.2 Å². The van der Waals surface area contributed by atoms with Crippen molar-refractivity contribution >= 4 is 44.3 Å². The van der Waals surface area contributed by atoms with Crippen LogP contribution in [0.15, 0.2) is 54.7 Å². The van der Waals surface area contributed by atoms with E-state index < -0.39 is 29.9 Å². The minimum absolute atomic E-state index is 0.0802. The Morgan fingerprint density at radius 3 is 2.44 bits per heavy atom. The van der Waals surface area contributed by atoms with Gasteiger partial charge in [0.15, 0.2) is 5.13 Å². The number of carbonyl (C=O) groups excluding carboxylic acids is 2. The molecule has 0 aliphatic rings. The Morgan fingerprint density at radius 1 is 0.972 bits per heavy atom. The summed E-state index contributed by atoms with van der Waals surface area (Å²) < 4.78 is 61.5. The first-order valence-corrected chi connectivity index (χ1v) is 10.8. The number of alkyl halides is 3. The van der Waals surface area contributed by atoms with Gasteiger partial charge in [0.2, 0.25) is 0 Å².